The fourth-order valence-corrected chi connectivity index (χ4v) is 3.89. The number of hydrogen-bond acceptors (Lipinski definition) is 6. The van der Waals surface area contributed by atoms with Gasteiger partial charge in [-0.3, -0.25) is 0 Å². The summed E-state index contributed by atoms with van der Waals surface area (Å²) < 4.78 is 5.28. The second-order valence-electron chi connectivity index (χ2n) is 6.72. The highest BCUT2D eigenvalue weighted by Gasteiger charge is 2.28. The number of amides is 2. The molecule has 3 aromatic rings. The molecule has 2 aromatic heterocycles. The molecule has 0 spiro atoms. The number of aromatic nitrogens is 3. The third-order valence-corrected chi connectivity index (χ3v) is 5.43. The van der Waals surface area contributed by atoms with Crippen LogP contribution in [-0.2, 0) is 0 Å². The van der Waals surface area contributed by atoms with Crippen molar-refractivity contribution >= 4 is 23.1 Å². The van der Waals surface area contributed by atoms with E-state index < -0.39 is 0 Å². The minimum atomic E-state index is -0.104. The van der Waals surface area contributed by atoms with Crippen LogP contribution in [0.1, 0.15) is 35.5 Å². The summed E-state index contributed by atoms with van der Waals surface area (Å²) in [4.78, 5) is 23.3. The van der Waals surface area contributed by atoms with E-state index in [-0.39, 0.29) is 11.9 Å². The molecule has 1 saturated heterocycles. The van der Waals surface area contributed by atoms with Crippen LogP contribution in [-0.4, -0.2) is 39.1 Å². The Hall–Kier alpha value is -2.74. The molecule has 0 radical (unpaired) electrons. The number of anilines is 1. The lowest BCUT2D eigenvalue weighted by Gasteiger charge is -2.31. The van der Waals surface area contributed by atoms with Crippen molar-refractivity contribution in [1.29, 1.82) is 0 Å². The Morgan fingerprint density at radius 2 is 2.07 bits per heavy atom. The number of carbonyl (C=O) groups excluding carboxylic acids is 1. The molecule has 1 unspecified atom stereocenters. The van der Waals surface area contributed by atoms with Crippen LogP contribution in [0.4, 0.5) is 10.5 Å². The smallest absolute Gasteiger partial charge is 0.321 e. The van der Waals surface area contributed by atoms with Gasteiger partial charge in [0.05, 0.1) is 16.6 Å². The molecule has 4 rings (SSSR count). The monoisotopic (exact) mass is 383 g/mol. The number of hydrogen-bond donors (Lipinski definition) is 1. The predicted octanol–water partition coefficient (Wildman–Crippen LogP) is 4.22. The van der Waals surface area contributed by atoms with Gasteiger partial charge in [0.25, 0.3) is 0 Å². The summed E-state index contributed by atoms with van der Waals surface area (Å²) in [5.74, 6) is 1.34. The quantitative estimate of drug-likeness (QED) is 0.732. The topological polar surface area (TPSA) is 84.2 Å². The van der Waals surface area contributed by atoms with Crippen molar-refractivity contribution < 1.29 is 9.32 Å². The van der Waals surface area contributed by atoms with Crippen LogP contribution in [0, 0.1) is 13.8 Å². The first-order chi connectivity index (χ1) is 13.1. The molecule has 1 aliphatic heterocycles. The Kier molecular flexibility index (Phi) is 4.89. The van der Waals surface area contributed by atoms with Gasteiger partial charge in [-0.2, -0.15) is 4.98 Å². The van der Waals surface area contributed by atoms with Crippen LogP contribution in [0.25, 0.3) is 11.3 Å². The van der Waals surface area contributed by atoms with Gasteiger partial charge in [0, 0.05) is 29.7 Å². The number of urea groups is 1. The Bertz CT molecular complexity index is 934. The van der Waals surface area contributed by atoms with Crippen molar-refractivity contribution in [2.45, 2.75) is 32.6 Å². The average molecular weight is 383 g/mol. The maximum atomic E-state index is 12.6. The molecule has 0 bridgehead atoms. The van der Waals surface area contributed by atoms with Crippen molar-refractivity contribution in [3.05, 3.63) is 46.4 Å². The van der Waals surface area contributed by atoms with E-state index in [0.29, 0.717) is 18.3 Å². The first-order valence-corrected chi connectivity index (χ1v) is 9.85. The molecule has 1 aromatic carbocycles. The van der Waals surface area contributed by atoms with Gasteiger partial charge in [0.1, 0.15) is 0 Å². The molecule has 3 heterocycles. The van der Waals surface area contributed by atoms with Gasteiger partial charge >= 0.3 is 6.03 Å². The van der Waals surface area contributed by atoms with Gasteiger partial charge in [0.2, 0.25) is 5.89 Å². The van der Waals surface area contributed by atoms with Crippen molar-refractivity contribution in [3.63, 3.8) is 0 Å². The third-order valence-electron chi connectivity index (χ3n) is 4.65. The summed E-state index contributed by atoms with van der Waals surface area (Å²) in [6.45, 7) is 5.11. The van der Waals surface area contributed by atoms with Crippen LogP contribution in [0.3, 0.4) is 0 Å². The molecule has 8 heteroatoms. The summed E-state index contributed by atoms with van der Waals surface area (Å²) in [6.07, 6.45) is 1.87. The van der Waals surface area contributed by atoms with E-state index in [9.17, 15) is 4.79 Å². The van der Waals surface area contributed by atoms with Gasteiger partial charge in [-0.05, 0) is 38.8 Å². The number of rotatable bonds is 3. The Balaban J connectivity index is 1.39. The summed E-state index contributed by atoms with van der Waals surface area (Å²) in [5, 5.41) is 9.91. The molecule has 1 aliphatic rings. The highest BCUT2D eigenvalue weighted by molar-refractivity contribution is 7.09. The van der Waals surface area contributed by atoms with Crippen molar-refractivity contribution in [2.75, 3.05) is 18.4 Å². The second kappa shape index (κ2) is 7.48. The third kappa shape index (κ3) is 4.00. The fourth-order valence-electron chi connectivity index (χ4n) is 3.26. The molecule has 1 atom stereocenters. The molecule has 0 aliphatic carbocycles. The zero-order valence-corrected chi connectivity index (χ0v) is 16.1. The average Bonchev–Trinajstić information content (AvgIpc) is 3.31. The molecule has 7 nitrogen and oxygen atoms in total. The van der Waals surface area contributed by atoms with Gasteiger partial charge in [-0.15, -0.1) is 11.3 Å². The maximum absolute atomic E-state index is 12.6. The lowest BCUT2D eigenvalue weighted by atomic mass is 9.98. The van der Waals surface area contributed by atoms with E-state index in [1.807, 2.05) is 41.5 Å². The molecule has 2 amide bonds. The van der Waals surface area contributed by atoms with Gasteiger partial charge < -0.3 is 14.7 Å². The number of thiazole rings is 1. The van der Waals surface area contributed by atoms with Crippen molar-refractivity contribution in [2.24, 2.45) is 0 Å². The lowest BCUT2D eigenvalue weighted by molar-refractivity contribution is 0.184. The van der Waals surface area contributed by atoms with E-state index in [4.69, 9.17) is 4.52 Å². The lowest BCUT2D eigenvalue weighted by Crippen LogP contribution is -2.41. The number of likely N-dealkylation sites (tertiary alicyclic amines) is 1. The number of nitrogens with zero attached hydrogens (tertiary/aromatic N) is 4. The van der Waals surface area contributed by atoms with Crippen LogP contribution in [0.15, 0.2) is 34.2 Å². The summed E-state index contributed by atoms with van der Waals surface area (Å²) in [5.41, 5.74) is 2.78. The molecule has 1 N–H and O–H groups in total. The van der Waals surface area contributed by atoms with E-state index >= 15 is 0 Å². The number of nitrogens with one attached hydrogen (secondary N) is 1. The standard InChI is InChI=1S/C19H21N5O2S/c1-12-20-18(26-23-12)15-4-3-9-24(10-15)19(25)22-16-7-5-14(6-8-16)17-11-27-13(2)21-17/h5-8,11,15H,3-4,9-10H2,1-2H3,(H,22,25). The van der Waals surface area contributed by atoms with E-state index in [0.717, 1.165) is 41.3 Å². The summed E-state index contributed by atoms with van der Waals surface area (Å²) in [6, 6.07) is 7.66. The highest BCUT2D eigenvalue weighted by atomic mass is 32.1. The van der Waals surface area contributed by atoms with E-state index in [2.05, 4.69) is 20.4 Å². The molecular formula is C19H21N5O2S. The Morgan fingerprint density at radius 3 is 2.74 bits per heavy atom. The fraction of sp³-hybridized carbons (Fsp3) is 0.368. The van der Waals surface area contributed by atoms with Crippen molar-refractivity contribution in [1.82, 2.24) is 20.0 Å². The molecule has 140 valence electrons. The van der Waals surface area contributed by atoms with E-state index in [1.165, 1.54) is 0 Å². The zero-order chi connectivity index (χ0) is 18.8. The predicted molar refractivity (Wildman–Crippen MR) is 104 cm³/mol. The number of piperidine rings is 1. The van der Waals surface area contributed by atoms with Gasteiger partial charge in [-0.1, -0.05) is 17.3 Å². The SMILES string of the molecule is Cc1noc(C2CCCN(C(=O)Nc3ccc(-c4csc(C)n4)cc3)C2)n1. The van der Waals surface area contributed by atoms with Crippen molar-refractivity contribution in [3.8, 4) is 11.3 Å². The molecular weight excluding hydrogens is 362 g/mol. The molecule has 1 fully saturated rings. The van der Waals surface area contributed by atoms with Crippen LogP contribution < -0.4 is 5.32 Å². The zero-order valence-electron chi connectivity index (χ0n) is 15.3. The van der Waals surface area contributed by atoms with Crippen LogP contribution in [0.5, 0.6) is 0 Å². The normalized spacial score (nSPS) is 17.1. The van der Waals surface area contributed by atoms with E-state index in [1.54, 1.807) is 18.3 Å². The minimum Gasteiger partial charge on any atom is -0.339 e. The largest absolute Gasteiger partial charge is 0.339 e. The summed E-state index contributed by atoms with van der Waals surface area (Å²) >= 11 is 1.63. The maximum Gasteiger partial charge on any atom is 0.321 e. The minimum absolute atomic E-state index is 0.0981. The van der Waals surface area contributed by atoms with Crippen LogP contribution >= 0.6 is 11.3 Å². The Morgan fingerprint density at radius 1 is 1.26 bits per heavy atom. The summed E-state index contributed by atoms with van der Waals surface area (Å²) in [7, 11) is 0. The first-order valence-electron chi connectivity index (χ1n) is 8.97. The first kappa shape index (κ1) is 17.7. The Labute approximate surface area is 161 Å². The number of aryl methyl sites for hydroxylation is 2. The number of carbonyl (C=O) groups is 1. The molecule has 0 saturated carbocycles. The number of benzene rings is 1. The van der Waals surface area contributed by atoms with Gasteiger partial charge in [0.15, 0.2) is 5.82 Å². The van der Waals surface area contributed by atoms with Gasteiger partial charge in [-0.25, -0.2) is 9.78 Å². The molecule has 27 heavy (non-hydrogen) atoms. The second-order valence-corrected chi connectivity index (χ2v) is 7.79. The van der Waals surface area contributed by atoms with Crippen LogP contribution in [0.2, 0.25) is 0 Å². The highest BCUT2D eigenvalue weighted by Crippen LogP contribution is 2.27.